The van der Waals surface area contributed by atoms with E-state index in [1.807, 2.05) is 0 Å². The van der Waals surface area contributed by atoms with Crippen molar-refractivity contribution in [2.45, 2.75) is 110 Å². The topological polar surface area (TPSA) is 17.1 Å². The minimum Gasteiger partial charge on any atom is -0.303 e. The molecule has 0 bridgehead atoms. The fourth-order valence-electron chi connectivity index (χ4n) is 2.60. The van der Waals surface area contributed by atoms with Crippen LogP contribution in [0, 0.1) is 0 Å². The average molecular weight is 269 g/mol. The number of carbonyl (C=O) groups is 1. The molecule has 0 N–H and O–H groups in total. The smallest absolute Gasteiger partial charge is 0.303 e. The van der Waals surface area contributed by atoms with Crippen LogP contribution in [0.5, 0.6) is 0 Å². The summed E-state index contributed by atoms with van der Waals surface area (Å²) in [6.45, 7) is 2.28. The van der Waals surface area contributed by atoms with Crippen LogP contribution in [-0.4, -0.2) is 6.29 Å². The summed E-state index contributed by atoms with van der Waals surface area (Å²) in [5.41, 5.74) is 0. The fraction of sp³-hybridized carbons (Fsp3) is 0.944. The molecule has 0 aromatic carbocycles. The first kappa shape index (κ1) is 18.7. The highest BCUT2D eigenvalue weighted by atomic mass is 16.1. The average Bonchev–Trinajstić information content (AvgIpc) is 2.43. The van der Waals surface area contributed by atoms with Crippen molar-refractivity contribution in [3.8, 4) is 0 Å². The molecule has 0 fully saturated rings. The van der Waals surface area contributed by atoms with Crippen LogP contribution in [0.25, 0.3) is 0 Å². The van der Waals surface area contributed by atoms with Crippen LogP contribution >= 0.6 is 0 Å². The predicted octanol–water partition coefficient (Wildman–Crippen LogP) is 6.56. The van der Waals surface area contributed by atoms with Gasteiger partial charge in [-0.25, -0.2) is 0 Å². The zero-order valence-corrected chi connectivity index (χ0v) is 13.3. The first-order valence-corrected chi connectivity index (χ1v) is 8.85. The van der Waals surface area contributed by atoms with E-state index < -0.39 is 0 Å². The molecule has 0 aromatic heterocycles. The summed E-state index contributed by atoms with van der Waals surface area (Å²) in [7, 11) is 0. The molecule has 0 aliphatic carbocycles. The second-order valence-corrected chi connectivity index (χ2v) is 5.91. The zero-order chi connectivity index (χ0) is 14.0. The Hall–Kier alpha value is -0.330. The summed E-state index contributed by atoms with van der Waals surface area (Å²) in [6.07, 6.45) is 22.6. The van der Waals surface area contributed by atoms with Crippen LogP contribution in [0.4, 0.5) is 0 Å². The highest BCUT2D eigenvalue weighted by Crippen LogP contribution is 2.13. The maximum Gasteiger partial charge on any atom is 1.00 e. The van der Waals surface area contributed by atoms with Gasteiger partial charge in [0.1, 0.15) is 6.29 Å². The molecule has 1 heteroatoms. The zero-order valence-electron chi connectivity index (χ0n) is 14.3. The van der Waals surface area contributed by atoms with E-state index >= 15 is 0 Å². The van der Waals surface area contributed by atoms with Crippen molar-refractivity contribution in [2.75, 3.05) is 0 Å². The van der Waals surface area contributed by atoms with Crippen molar-refractivity contribution in [1.82, 2.24) is 0 Å². The summed E-state index contributed by atoms with van der Waals surface area (Å²) >= 11 is 0. The SMILES string of the molecule is CCCCCCCCCCCCCCCCCC=O.[H+]. The Kier molecular flexibility index (Phi) is 17.4. The molecule has 0 saturated carbocycles. The molecule has 0 radical (unpaired) electrons. The van der Waals surface area contributed by atoms with Crippen LogP contribution < -0.4 is 0 Å². The molecule has 0 unspecified atom stereocenters. The van der Waals surface area contributed by atoms with Gasteiger partial charge in [0, 0.05) is 6.42 Å². The molecule has 0 saturated heterocycles. The summed E-state index contributed by atoms with van der Waals surface area (Å²) in [4.78, 5) is 10.1. The third kappa shape index (κ3) is 17.7. The minimum absolute atomic E-state index is 0. The van der Waals surface area contributed by atoms with Gasteiger partial charge < -0.3 is 4.79 Å². The van der Waals surface area contributed by atoms with E-state index in [0.717, 1.165) is 19.1 Å². The summed E-state index contributed by atoms with van der Waals surface area (Å²) in [6, 6.07) is 0. The van der Waals surface area contributed by atoms with Gasteiger partial charge in [0.05, 0.1) is 0 Å². The number of hydrogen-bond acceptors (Lipinski definition) is 1. The number of unbranched alkanes of at least 4 members (excludes halogenated alkanes) is 15. The van der Waals surface area contributed by atoms with Gasteiger partial charge in [-0.3, -0.25) is 0 Å². The van der Waals surface area contributed by atoms with Crippen molar-refractivity contribution in [3.63, 3.8) is 0 Å². The molecule has 0 aliphatic rings. The van der Waals surface area contributed by atoms with Crippen molar-refractivity contribution >= 4 is 6.29 Å². The molecular formula is C18H37O+. The first-order valence-electron chi connectivity index (χ1n) is 8.85. The van der Waals surface area contributed by atoms with E-state index in [1.54, 1.807) is 0 Å². The molecule has 1 nitrogen and oxygen atoms in total. The second kappa shape index (κ2) is 17.7. The van der Waals surface area contributed by atoms with Crippen molar-refractivity contribution < 1.29 is 6.22 Å². The van der Waals surface area contributed by atoms with E-state index in [4.69, 9.17) is 0 Å². The Balaban J connectivity index is 0. The second-order valence-electron chi connectivity index (χ2n) is 5.91. The normalized spacial score (nSPS) is 10.8. The summed E-state index contributed by atoms with van der Waals surface area (Å²) in [5.74, 6) is 0. The standard InChI is InChI=1S/C18H36O/c1-2-3-4-5-6-7-8-9-10-11-12-13-14-15-16-17-18-19/h18H,2-17H2,1H3/p+1. The fourth-order valence-corrected chi connectivity index (χ4v) is 2.60. The highest BCUT2D eigenvalue weighted by Gasteiger charge is 1.94. The predicted molar refractivity (Wildman–Crippen MR) is 86.7 cm³/mol. The van der Waals surface area contributed by atoms with Crippen LogP contribution in [0.2, 0.25) is 0 Å². The lowest BCUT2D eigenvalue weighted by atomic mass is 10.0. The lowest BCUT2D eigenvalue weighted by Crippen LogP contribution is -1.83. The Labute approximate surface area is 123 Å². The number of hydrogen-bond donors (Lipinski definition) is 0. The first-order chi connectivity index (χ1) is 9.41. The van der Waals surface area contributed by atoms with Gasteiger partial charge in [0.25, 0.3) is 0 Å². The molecule has 0 amide bonds. The van der Waals surface area contributed by atoms with Crippen LogP contribution in [0.1, 0.15) is 111 Å². The van der Waals surface area contributed by atoms with Crippen molar-refractivity contribution in [1.29, 1.82) is 0 Å². The Bertz CT molecular complexity index is 171. The largest absolute Gasteiger partial charge is 1.00 e. The monoisotopic (exact) mass is 269 g/mol. The van der Waals surface area contributed by atoms with E-state index in [9.17, 15) is 4.79 Å². The molecular weight excluding hydrogens is 232 g/mol. The lowest BCUT2D eigenvalue weighted by Gasteiger charge is -2.02. The molecule has 0 rings (SSSR count). The third-order valence-corrected chi connectivity index (χ3v) is 3.93. The lowest BCUT2D eigenvalue weighted by molar-refractivity contribution is -0.107. The summed E-state index contributed by atoms with van der Waals surface area (Å²) < 4.78 is 0. The molecule has 19 heavy (non-hydrogen) atoms. The molecule has 0 heterocycles. The van der Waals surface area contributed by atoms with Crippen LogP contribution in [0.15, 0.2) is 0 Å². The minimum atomic E-state index is 0. The van der Waals surface area contributed by atoms with Gasteiger partial charge in [0.2, 0.25) is 0 Å². The Morgan fingerprint density at radius 3 is 1.21 bits per heavy atom. The molecule has 0 aliphatic heterocycles. The Morgan fingerprint density at radius 2 is 0.895 bits per heavy atom. The maximum atomic E-state index is 10.1. The van der Waals surface area contributed by atoms with Crippen LogP contribution in [0.3, 0.4) is 0 Å². The van der Waals surface area contributed by atoms with Crippen molar-refractivity contribution in [2.24, 2.45) is 0 Å². The Morgan fingerprint density at radius 1 is 0.579 bits per heavy atom. The molecule has 114 valence electrons. The van der Waals surface area contributed by atoms with Gasteiger partial charge in [-0.1, -0.05) is 96.8 Å². The van der Waals surface area contributed by atoms with E-state index in [0.29, 0.717) is 0 Å². The number of carbonyl (C=O) groups excluding carboxylic acids is 1. The molecule has 0 spiro atoms. The number of rotatable bonds is 16. The van der Waals surface area contributed by atoms with E-state index in [1.165, 1.54) is 89.9 Å². The van der Waals surface area contributed by atoms with Gasteiger partial charge in [-0.05, 0) is 6.42 Å². The van der Waals surface area contributed by atoms with E-state index in [2.05, 4.69) is 6.92 Å². The third-order valence-electron chi connectivity index (χ3n) is 3.93. The highest BCUT2D eigenvalue weighted by molar-refractivity contribution is 5.48. The maximum absolute atomic E-state index is 10.1. The number of aldehydes is 1. The van der Waals surface area contributed by atoms with Gasteiger partial charge in [-0.15, -0.1) is 0 Å². The van der Waals surface area contributed by atoms with Gasteiger partial charge in [-0.2, -0.15) is 0 Å². The molecule has 0 aromatic rings. The quantitative estimate of drug-likeness (QED) is 0.229. The van der Waals surface area contributed by atoms with Crippen molar-refractivity contribution in [3.05, 3.63) is 0 Å². The van der Waals surface area contributed by atoms with Gasteiger partial charge >= 0.3 is 1.43 Å². The molecule has 0 atom stereocenters. The van der Waals surface area contributed by atoms with Gasteiger partial charge in [0.15, 0.2) is 0 Å². The summed E-state index contributed by atoms with van der Waals surface area (Å²) in [5, 5.41) is 0. The van der Waals surface area contributed by atoms with Crippen LogP contribution in [-0.2, 0) is 4.79 Å². The van der Waals surface area contributed by atoms with E-state index in [-0.39, 0.29) is 1.43 Å².